The van der Waals surface area contributed by atoms with Gasteiger partial charge in [-0.1, -0.05) is 59.6 Å². The molecule has 2 aliphatic heterocycles. The molecule has 2 aromatic carbocycles. The molecule has 248 valence electrons. The first-order valence-electron chi connectivity index (χ1n) is 15.9. The van der Waals surface area contributed by atoms with Crippen molar-refractivity contribution in [2.45, 2.75) is 56.6 Å². The molecule has 4 N–H and O–H groups in total. The highest BCUT2D eigenvalue weighted by atomic mass is 35.5. The van der Waals surface area contributed by atoms with Crippen LogP contribution in [-0.4, -0.2) is 87.1 Å². The van der Waals surface area contributed by atoms with Crippen molar-refractivity contribution in [3.63, 3.8) is 0 Å². The Morgan fingerprint density at radius 1 is 0.745 bits per heavy atom. The molecule has 12 heteroatoms. The lowest BCUT2D eigenvalue weighted by molar-refractivity contribution is -0.133. The number of dihydropyridines is 1. The van der Waals surface area contributed by atoms with Gasteiger partial charge in [0, 0.05) is 64.8 Å². The van der Waals surface area contributed by atoms with Crippen molar-refractivity contribution < 1.29 is 34.5 Å². The van der Waals surface area contributed by atoms with Crippen molar-refractivity contribution in [2.24, 2.45) is 11.8 Å². The maximum absolute atomic E-state index is 13.8. The van der Waals surface area contributed by atoms with Gasteiger partial charge in [0.1, 0.15) is 0 Å². The van der Waals surface area contributed by atoms with Crippen molar-refractivity contribution in [2.75, 3.05) is 26.2 Å². The Morgan fingerprint density at radius 2 is 1.30 bits per heavy atom. The average molecular weight is 683 g/mol. The van der Waals surface area contributed by atoms with Crippen molar-refractivity contribution in [1.29, 1.82) is 0 Å². The predicted octanol–water partition coefficient (Wildman–Crippen LogP) is 4.71. The quantitative estimate of drug-likeness (QED) is 0.276. The van der Waals surface area contributed by atoms with E-state index < -0.39 is 17.9 Å². The Bertz CT molecular complexity index is 1620. The molecule has 3 atom stereocenters. The van der Waals surface area contributed by atoms with Gasteiger partial charge in [0.15, 0.2) is 5.78 Å². The van der Waals surface area contributed by atoms with E-state index in [-0.39, 0.29) is 68.8 Å². The lowest BCUT2D eigenvalue weighted by Gasteiger charge is -2.39. The van der Waals surface area contributed by atoms with Crippen molar-refractivity contribution in [3.8, 4) is 0 Å². The van der Waals surface area contributed by atoms with E-state index in [9.17, 15) is 34.5 Å². The van der Waals surface area contributed by atoms with Crippen molar-refractivity contribution >= 4 is 46.8 Å². The minimum atomic E-state index is -1.45. The van der Waals surface area contributed by atoms with E-state index >= 15 is 0 Å². The van der Waals surface area contributed by atoms with Crippen molar-refractivity contribution in [3.05, 3.63) is 92.2 Å². The fourth-order valence-corrected chi connectivity index (χ4v) is 8.62. The predicted molar refractivity (Wildman–Crippen MR) is 175 cm³/mol. The van der Waals surface area contributed by atoms with Crippen LogP contribution in [-0.2, 0) is 14.4 Å². The van der Waals surface area contributed by atoms with Gasteiger partial charge in [-0.2, -0.15) is 0 Å². The third-order valence-electron chi connectivity index (χ3n) is 10.2. The number of benzene rings is 2. The fourth-order valence-electron chi connectivity index (χ4n) is 8.01. The molecule has 0 bridgehead atoms. The Balaban J connectivity index is 1.28. The molecular weight excluding hydrogens is 645 g/mol. The smallest absolute Gasteiger partial charge is 0.334 e. The zero-order valence-corrected chi connectivity index (χ0v) is 27.2. The third-order valence-corrected chi connectivity index (χ3v) is 10.8. The second-order valence-corrected chi connectivity index (χ2v) is 13.7. The first-order chi connectivity index (χ1) is 22.5. The number of hydrogen-bond donors (Lipinski definition) is 4. The number of nitrogens with zero attached hydrogens (tertiary/aromatic N) is 2. The van der Waals surface area contributed by atoms with E-state index in [1.807, 2.05) is 0 Å². The number of aliphatic carboxylic acids is 2. The molecule has 0 radical (unpaired) electrons. The number of carbonyl (C=O) groups excluding carboxylic acids is 2. The van der Waals surface area contributed by atoms with Crippen LogP contribution in [0.2, 0.25) is 10.0 Å². The van der Waals surface area contributed by atoms with Gasteiger partial charge in [-0.3, -0.25) is 14.5 Å². The minimum Gasteiger partial charge on any atom is -0.478 e. The summed E-state index contributed by atoms with van der Waals surface area (Å²) in [5, 5.41) is 34.0. The minimum absolute atomic E-state index is 0.00560. The number of nitrogens with one attached hydrogen (secondary N) is 1. The summed E-state index contributed by atoms with van der Waals surface area (Å²) in [4.78, 5) is 57.0. The van der Waals surface area contributed by atoms with Crippen LogP contribution in [0.1, 0.15) is 60.4 Å². The highest BCUT2D eigenvalue weighted by Gasteiger charge is 2.44. The molecule has 10 nitrogen and oxygen atoms in total. The molecule has 47 heavy (non-hydrogen) atoms. The monoisotopic (exact) mass is 681 g/mol. The number of carbonyl (C=O) groups is 4. The van der Waals surface area contributed by atoms with E-state index in [0.717, 1.165) is 25.7 Å². The second kappa shape index (κ2) is 13.8. The molecule has 2 heterocycles. The summed E-state index contributed by atoms with van der Waals surface area (Å²) >= 11 is 13.1. The lowest BCUT2D eigenvalue weighted by Crippen LogP contribution is -2.52. The molecule has 1 amide bonds. The summed E-state index contributed by atoms with van der Waals surface area (Å²) < 4.78 is 0. The number of hydrogen-bond acceptors (Lipinski definition) is 7. The molecule has 3 fully saturated rings. The summed E-state index contributed by atoms with van der Waals surface area (Å²) in [7, 11) is 0. The zero-order valence-electron chi connectivity index (χ0n) is 25.7. The first-order valence-corrected chi connectivity index (χ1v) is 16.7. The lowest BCUT2D eigenvalue weighted by atomic mass is 9.78. The number of Topliss-reactive ketones (excluding diaryl/α,β-unsaturated/α-hetero) is 1. The van der Waals surface area contributed by atoms with Crippen molar-refractivity contribution in [1.82, 2.24) is 15.1 Å². The zero-order chi connectivity index (χ0) is 33.4. The molecule has 1 saturated heterocycles. The molecular formula is C35H37Cl2N3O7. The first kappa shape index (κ1) is 33.2. The van der Waals surface area contributed by atoms with Gasteiger partial charge in [0.2, 0.25) is 5.91 Å². The van der Waals surface area contributed by atoms with Crippen LogP contribution >= 0.6 is 23.2 Å². The van der Waals surface area contributed by atoms with Gasteiger partial charge in [-0.05, 0) is 49.7 Å². The third kappa shape index (κ3) is 6.83. The van der Waals surface area contributed by atoms with E-state index in [4.69, 9.17) is 23.2 Å². The fraction of sp³-hybridized carbons (Fsp3) is 0.429. The molecule has 2 aliphatic carbocycles. The summed E-state index contributed by atoms with van der Waals surface area (Å²) in [5.41, 5.74) is -0.343. The summed E-state index contributed by atoms with van der Waals surface area (Å²) in [5.74, 6) is -3.92. The second-order valence-electron chi connectivity index (χ2n) is 12.9. The van der Waals surface area contributed by atoms with Crippen LogP contribution in [0.15, 0.2) is 71.1 Å². The number of rotatable bonds is 9. The molecule has 3 unspecified atom stereocenters. The summed E-state index contributed by atoms with van der Waals surface area (Å²) in [6, 6.07) is 13.3. The maximum Gasteiger partial charge on any atom is 0.334 e. The van der Waals surface area contributed by atoms with Crippen LogP contribution in [0.3, 0.4) is 0 Å². The van der Waals surface area contributed by atoms with E-state index in [0.29, 0.717) is 49.6 Å². The van der Waals surface area contributed by atoms with Crippen LogP contribution in [0.4, 0.5) is 0 Å². The number of aliphatic hydroxyl groups is 1. The van der Waals surface area contributed by atoms with Gasteiger partial charge in [-0.15, -0.1) is 0 Å². The number of amides is 1. The SMILES string of the molecule is O=C(O)C1=C(CC(=O)c2ccccc2)NC(CC(=O)N2CCN(C3CC4CC(O)CC4C3)CC2)=C(C(=O)O)C1c1c(Cl)cccc1Cl. The molecule has 0 aromatic heterocycles. The topological polar surface area (TPSA) is 147 Å². The number of ketones is 1. The highest BCUT2D eigenvalue weighted by Crippen LogP contribution is 2.47. The standard InChI is InChI=1S/C35H37Cl2N3O7/c36-24-7-4-8-25(37)30(24)33-31(34(44)45)26(17-28(42)19-5-2-1-3-6-19)38-27(32(33)35(46)47)18-29(43)40-11-9-39(10-12-40)22-13-20-15-23(41)16-21(20)14-22/h1-8,20-23,33,38,41H,9-18H2,(H,44,45)(H,46,47). The van der Waals surface area contributed by atoms with E-state index in [1.165, 1.54) is 12.1 Å². The van der Waals surface area contributed by atoms with Gasteiger partial charge in [0.05, 0.1) is 36.0 Å². The van der Waals surface area contributed by atoms with Gasteiger partial charge < -0.3 is 25.5 Å². The van der Waals surface area contributed by atoms with Crippen LogP contribution in [0, 0.1) is 11.8 Å². The molecule has 2 saturated carbocycles. The van der Waals surface area contributed by atoms with E-state index in [1.54, 1.807) is 41.3 Å². The molecule has 4 aliphatic rings. The Morgan fingerprint density at radius 3 is 1.85 bits per heavy atom. The van der Waals surface area contributed by atoms with Gasteiger partial charge in [0.25, 0.3) is 0 Å². The van der Waals surface area contributed by atoms with Crippen LogP contribution in [0.25, 0.3) is 0 Å². The maximum atomic E-state index is 13.8. The normalized spacial score (nSPS) is 26.3. The largest absolute Gasteiger partial charge is 0.478 e. The molecule has 6 rings (SSSR count). The number of allylic oxidation sites excluding steroid dienone is 1. The number of halogens is 2. The molecule has 2 aromatic rings. The highest BCUT2D eigenvalue weighted by molar-refractivity contribution is 6.36. The number of piperazine rings is 1. The number of fused-ring (bicyclic) bond motifs is 1. The summed E-state index contributed by atoms with van der Waals surface area (Å²) in [6.45, 7) is 2.32. The van der Waals surface area contributed by atoms with Gasteiger partial charge in [-0.25, -0.2) is 9.59 Å². The molecule has 0 spiro atoms. The van der Waals surface area contributed by atoms with Gasteiger partial charge >= 0.3 is 11.9 Å². The summed E-state index contributed by atoms with van der Waals surface area (Å²) in [6.07, 6.45) is 2.93. The number of carboxylic acids is 2. The Kier molecular flexibility index (Phi) is 9.75. The van der Waals surface area contributed by atoms with E-state index in [2.05, 4.69) is 10.2 Å². The average Bonchev–Trinajstić information content (AvgIpc) is 3.58. The number of aliphatic hydroxyl groups excluding tert-OH is 1. The van der Waals surface area contributed by atoms with Crippen LogP contribution < -0.4 is 5.32 Å². The Labute approximate surface area is 282 Å². The Hall–Kier alpha value is -3.70. The number of carboxylic acid groups (broad SMARTS) is 2. The van der Waals surface area contributed by atoms with Crippen LogP contribution in [0.5, 0.6) is 0 Å².